The quantitative estimate of drug-likeness (QED) is 0.552. The molecule has 0 aliphatic carbocycles. The van der Waals surface area contributed by atoms with Gasteiger partial charge in [0.05, 0.1) is 34.0 Å². The monoisotopic (exact) mass is 481 g/mol. The third-order valence-electron chi connectivity index (χ3n) is 6.04. The summed E-state index contributed by atoms with van der Waals surface area (Å²) in [7, 11) is 0. The van der Waals surface area contributed by atoms with Gasteiger partial charge in [-0.25, -0.2) is 4.98 Å². The standard InChI is InChI=1S/C25H25Cl2N5O/c1-25(33,19-8-9-30-24(29)13-19)16-31-10-11-32(22-7-2-17(14-28)12-21(22)27)23(15-31)18-3-5-20(26)6-4-18/h2-9,12-13,23,33H,10-11,15-16H2,1H3,(H2,29,30)/t23-,25-/m0/s1. The van der Waals surface area contributed by atoms with Crippen LogP contribution >= 0.6 is 23.2 Å². The number of nitrogens with two attached hydrogens (primary N) is 1. The zero-order chi connectivity index (χ0) is 23.6. The van der Waals surface area contributed by atoms with Gasteiger partial charge in [-0.2, -0.15) is 5.26 Å². The van der Waals surface area contributed by atoms with Crippen molar-refractivity contribution < 1.29 is 5.11 Å². The Labute approximate surface area is 203 Å². The molecule has 1 aliphatic rings. The Bertz CT molecular complexity index is 1180. The average molecular weight is 482 g/mol. The number of aliphatic hydroxyl groups is 1. The van der Waals surface area contributed by atoms with E-state index in [0.717, 1.165) is 23.4 Å². The van der Waals surface area contributed by atoms with E-state index < -0.39 is 5.60 Å². The lowest BCUT2D eigenvalue weighted by atomic mass is 9.94. The molecule has 1 aliphatic heterocycles. The number of nitrogen functional groups attached to an aromatic ring is 1. The van der Waals surface area contributed by atoms with E-state index in [-0.39, 0.29) is 6.04 Å². The second kappa shape index (κ2) is 9.58. The van der Waals surface area contributed by atoms with Crippen LogP contribution in [0.5, 0.6) is 0 Å². The van der Waals surface area contributed by atoms with E-state index in [2.05, 4.69) is 20.9 Å². The van der Waals surface area contributed by atoms with Crippen LogP contribution in [0.15, 0.2) is 60.8 Å². The molecule has 0 amide bonds. The van der Waals surface area contributed by atoms with E-state index >= 15 is 0 Å². The molecule has 170 valence electrons. The molecule has 2 atom stereocenters. The van der Waals surface area contributed by atoms with Gasteiger partial charge in [0.1, 0.15) is 5.82 Å². The largest absolute Gasteiger partial charge is 0.384 e. The second-order valence-corrected chi connectivity index (χ2v) is 9.36. The summed E-state index contributed by atoms with van der Waals surface area (Å²) in [5.74, 6) is 0.382. The van der Waals surface area contributed by atoms with Crippen molar-refractivity contribution in [1.82, 2.24) is 9.88 Å². The van der Waals surface area contributed by atoms with Gasteiger partial charge in [-0.1, -0.05) is 35.3 Å². The molecule has 6 nitrogen and oxygen atoms in total. The molecule has 2 heterocycles. The lowest BCUT2D eigenvalue weighted by molar-refractivity contribution is 0.0103. The maximum Gasteiger partial charge on any atom is 0.123 e. The molecule has 3 N–H and O–H groups in total. The molecule has 0 bridgehead atoms. The molecule has 1 aromatic heterocycles. The number of halogens is 2. The number of nitriles is 1. The molecule has 8 heteroatoms. The van der Waals surface area contributed by atoms with Crippen LogP contribution in [-0.2, 0) is 5.60 Å². The van der Waals surface area contributed by atoms with E-state index in [1.165, 1.54) is 0 Å². The summed E-state index contributed by atoms with van der Waals surface area (Å²) in [5.41, 5.74) is 7.97. The van der Waals surface area contributed by atoms with E-state index in [0.29, 0.717) is 41.1 Å². The number of hydrogen-bond donors (Lipinski definition) is 2. The highest BCUT2D eigenvalue weighted by molar-refractivity contribution is 6.33. The number of anilines is 2. The minimum Gasteiger partial charge on any atom is -0.384 e. The van der Waals surface area contributed by atoms with Crippen molar-refractivity contribution >= 4 is 34.7 Å². The summed E-state index contributed by atoms with van der Waals surface area (Å²) < 4.78 is 0. The molecule has 33 heavy (non-hydrogen) atoms. The fraction of sp³-hybridized carbons (Fsp3) is 0.280. The molecule has 0 radical (unpaired) electrons. The third kappa shape index (κ3) is 5.23. The van der Waals surface area contributed by atoms with E-state index in [1.807, 2.05) is 30.3 Å². The maximum absolute atomic E-state index is 11.2. The number of β-amino-alcohol motifs (C(OH)–C–C–N with tert-alkyl or cyclic N) is 1. The highest BCUT2D eigenvalue weighted by atomic mass is 35.5. The smallest absolute Gasteiger partial charge is 0.123 e. The number of nitrogens with zero attached hydrogens (tertiary/aromatic N) is 4. The lowest BCUT2D eigenvalue weighted by Gasteiger charge is -2.45. The van der Waals surface area contributed by atoms with Crippen molar-refractivity contribution in [2.45, 2.75) is 18.6 Å². The van der Waals surface area contributed by atoms with E-state index in [9.17, 15) is 10.4 Å². The van der Waals surface area contributed by atoms with Crippen molar-refractivity contribution in [2.75, 3.05) is 36.8 Å². The molecule has 1 fully saturated rings. The predicted octanol–water partition coefficient (Wildman–Crippen LogP) is 4.61. The van der Waals surface area contributed by atoms with Gasteiger partial charge in [0.2, 0.25) is 0 Å². The molecule has 0 saturated carbocycles. The summed E-state index contributed by atoms with van der Waals surface area (Å²) in [5, 5.41) is 21.6. The molecule has 4 rings (SSSR count). The van der Waals surface area contributed by atoms with Gasteiger partial charge in [-0.15, -0.1) is 0 Å². The average Bonchev–Trinajstić information content (AvgIpc) is 2.79. The third-order valence-corrected chi connectivity index (χ3v) is 6.59. The maximum atomic E-state index is 11.2. The number of hydrogen-bond acceptors (Lipinski definition) is 6. The van der Waals surface area contributed by atoms with E-state index in [4.69, 9.17) is 28.9 Å². The first-order chi connectivity index (χ1) is 15.8. The van der Waals surface area contributed by atoms with Crippen LogP contribution in [0.1, 0.15) is 29.7 Å². The molecular formula is C25H25Cl2N5O. The highest BCUT2D eigenvalue weighted by Crippen LogP contribution is 2.37. The molecule has 3 aromatic rings. The Morgan fingerprint density at radius 3 is 2.58 bits per heavy atom. The van der Waals surface area contributed by atoms with Gasteiger partial charge in [0.15, 0.2) is 0 Å². The van der Waals surface area contributed by atoms with Crippen molar-refractivity contribution in [2.24, 2.45) is 0 Å². The Kier molecular flexibility index (Phi) is 6.78. The minimum atomic E-state index is -1.09. The van der Waals surface area contributed by atoms with Crippen LogP contribution in [0.3, 0.4) is 0 Å². The van der Waals surface area contributed by atoms with Crippen LogP contribution in [-0.4, -0.2) is 41.2 Å². The topological polar surface area (TPSA) is 89.4 Å². The number of benzene rings is 2. The molecular weight excluding hydrogens is 457 g/mol. The number of rotatable bonds is 5. The number of aromatic nitrogens is 1. The fourth-order valence-corrected chi connectivity index (χ4v) is 4.78. The predicted molar refractivity (Wildman–Crippen MR) is 132 cm³/mol. The zero-order valence-corrected chi connectivity index (χ0v) is 19.8. The molecule has 0 spiro atoms. The van der Waals surface area contributed by atoms with Crippen LogP contribution in [0, 0.1) is 11.3 Å². The minimum absolute atomic E-state index is 0.0141. The first-order valence-corrected chi connectivity index (χ1v) is 11.4. The van der Waals surface area contributed by atoms with Crippen molar-refractivity contribution in [3.8, 4) is 6.07 Å². The van der Waals surface area contributed by atoms with Gasteiger partial charge < -0.3 is 15.7 Å². The van der Waals surface area contributed by atoms with Gasteiger partial charge in [-0.05, 0) is 60.5 Å². The molecule has 2 aromatic carbocycles. The normalized spacial score (nSPS) is 18.5. The summed E-state index contributed by atoms with van der Waals surface area (Å²) >= 11 is 12.7. The number of pyridine rings is 1. The fourth-order valence-electron chi connectivity index (χ4n) is 4.36. The van der Waals surface area contributed by atoms with Crippen molar-refractivity contribution in [3.63, 3.8) is 0 Å². The van der Waals surface area contributed by atoms with Gasteiger partial charge >= 0.3 is 0 Å². The van der Waals surface area contributed by atoms with Crippen molar-refractivity contribution in [1.29, 1.82) is 5.26 Å². The Hall–Kier alpha value is -2.82. The Morgan fingerprint density at radius 2 is 1.91 bits per heavy atom. The van der Waals surface area contributed by atoms with Gasteiger partial charge in [0.25, 0.3) is 0 Å². The highest BCUT2D eigenvalue weighted by Gasteiger charge is 2.34. The van der Waals surface area contributed by atoms with Gasteiger partial charge in [0, 0.05) is 37.4 Å². The van der Waals surface area contributed by atoms with Crippen LogP contribution in [0.4, 0.5) is 11.5 Å². The molecule has 0 unspecified atom stereocenters. The first-order valence-electron chi connectivity index (χ1n) is 10.7. The van der Waals surface area contributed by atoms with Crippen LogP contribution in [0.2, 0.25) is 10.0 Å². The van der Waals surface area contributed by atoms with Crippen LogP contribution < -0.4 is 10.6 Å². The lowest BCUT2D eigenvalue weighted by Crippen LogP contribution is -2.52. The van der Waals surface area contributed by atoms with E-state index in [1.54, 1.807) is 37.4 Å². The Balaban J connectivity index is 1.62. The Morgan fingerprint density at radius 1 is 1.15 bits per heavy atom. The zero-order valence-electron chi connectivity index (χ0n) is 18.2. The molecule has 1 saturated heterocycles. The summed E-state index contributed by atoms with van der Waals surface area (Å²) in [6, 6.07) is 18.8. The summed E-state index contributed by atoms with van der Waals surface area (Å²) in [4.78, 5) is 8.52. The summed E-state index contributed by atoms with van der Waals surface area (Å²) in [6.45, 7) is 4.34. The first kappa shape index (κ1) is 23.3. The second-order valence-electron chi connectivity index (χ2n) is 8.52. The SMILES string of the molecule is C[C@](O)(CN1CCN(c2ccc(C#N)cc2Cl)[C@H](c2ccc(Cl)cc2)C1)c1ccnc(N)c1. The van der Waals surface area contributed by atoms with Gasteiger partial charge in [-0.3, -0.25) is 4.90 Å². The van der Waals surface area contributed by atoms with Crippen molar-refractivity contribution in [3.05, 3.63) is 87.5 Å². The van der Waals surface area contributed by atoms with Crippen LogP contribution in [0.25, 0.3) is 0 Å². The number of piperazine rings is 1. The summed E-state index contributed by atoms with van der Waals surface area (Å²) in [6.07, 6.45) is 1.61.